The molecular weight excluding hydrogens is 214 g/mol. The van der Waals surface area contributed by atoms with E-state index in [2.05, 4.69) is 23.0 Å². The first-order valence-electron chi connectivity index (χ1n) is 5.75. The van der Waals surface area contributed by atoms with Crippen LogP contribution in [0.2, 0.25) is 0 Å². The molecule has 0 bridgehead atoms. The maximum Gasteiger partial charge on any atom is 0.129 e. The van der Waals surface area contributed by atoms with Gasteiger partial charge in [-0.05, 0) is 17.7 Å². The van der Waals surface area contributed by atoms with Crippen molar-refractivity contribution in [3.63, 3.8) is 0 Å². The van der Waals surface area contributed by atoms with Crippen molar-refractivity contribution < 1.29 is 4.74 Å². The fourth-order valence-electron chi connectivity index (χ4n) is 2.13. The van der Waals surface area contributed by atoms with Gasteiger partial charge in [0.2, 0.25) is 0 Å². The zero-order chi connectivity index (χ0) is 11.9. The molecule has 1 saturated heterocycles. The zero-order valence-electron chi connectivity index (χ0n) is 9.66. The molecule has 4 heteroatoms. The molecule has 1 aromatic carbocycles. The number of ether oxygens (including phenoxy) is 1. The van der Waals surface area contributed by atoms with Gasteiger partial charge in [0.05, 0.1) is 30.3 Å². The summed E-state index contributed by atoms with van der Waals surface area (Å²) in [6.07, 6.45) is 0.885. The molecule has 0 amide bonds. The average molecular weight is 227 g/mol. The number of hydrogen-bond donors (Lipinski definition) is 1. The van der Waals surface area contributed by atoms with E-state index in [9.17, 15) is 5.26 Å². The Hall–Kier alpha value is -1.86. The summed E-state index contributed by atoms with van der Waals surface area (Å²) in [5.74, 6) is 0.980. The van der Waals surface area contributed by atoms with E-state index in [1.807, 2.05) is 18.2 Å². The number of fused-ring (bicyclic) bond motifs is 1. The number of aryl methyl sites for hydroxylation is 1. The van der Waals surface area contributed by atoms with Crippen molar-refractivity contribution in [2.75, 3.05) is 13.2 Å². The Balaban J connectivity index is 2.10. The quantitative estimate of drug-likeness (QED) is 0.852. The van der Waals surface area contributed by atoms with Crippen LogP contribution < -0.4 is 0 Å². The molecule has 3 rings (SSSR count). The van der Waals surface area contributed by atoms with E-state index in [1.165, 1.54) is 0 Å². The molecule has 1 aliphatic rings. The molecule has 1 aliphatic heterocycles. The predicted molar refractivity (Wildman–Crippen MR) is 63.6 cm³/mol. The van der Waals surface area contributed by atoms with E-state index in [0.717, 1.165) is 28.8 Å². The van der Waals surface area contributed by atoms with Crippen molar-refractivity contribution >= 4 is 11.0 Å². The van der Waals surface area contributed by atoms with Crippen LogP contribution in [0.4, 0.5) is 0 Å². The molecule has 0 radical (unpaired) electrons. The number of H-pyrrole nitrogens is 1. The lowest BCUT2D eigenvalue weighted by atomic mass is 9.80. The first-order valence-corrected chi connectivity index (χ1v) is 5.75. The first kappa shape index (κ1) is 10.3. The van der Waals surface area contributed by atoms with Crippen molar-refractivity contribution in [2.24, 2.45) is 0 Å². The second-order valence-electron chi connectivity index (χ2n) is 4.46. The van der Waals surface area contributed by atoms with Gasteiger partial charge in [-0.1, -0.05) is 13.0 Å². The van der Waals surface area contributed by atoms with Gasteiger partial charge in [-0.2, -0.15) is 5.26 Å². The van der Waals surface area contributed by atoms with Crippen LogP contribution in [0.5, 0.6) is 0 Å². The van der Waals surface area contributed by atoms with E-state index in [-0.39, 0.29) is 0 Å². The SMILES string of the molecule is CCc1nc2ccc(C3(C#N)COC3)cc2[nH]1. The molecule has 2 heterocycles. The Kier molecular flexibility index (Phi) is 2.17. The summed E-state index contributed by atoms with van der Waals surface area (Å²) in [4.78, 5) is 7.72. The van der Waals surface area contributed by atoms with Gasteiger partial charge >= 0.3 is 0 Å². The Bertz CT molecular complexity index is 605. The molecule has 0 saturated carbocycles. The number of hydrogen-bond acceptors (Lipinski definition) is 3. The normalized spacial score (nSPS) is 17.6. The van der Waals surface area contributed by atoms with E-state index >= 15 is 0 Å². The van der Waals surface area contributed by atoms with Gasteiger partial charge < -0.3 is 9.72 Å². The number of nitrogens with zero attached hydrogens (tertiary/aromatic N) is 2. The molecule has 4 nitrogen and oxygen atoms in total. The molecule has 86 valence electrons. The lowest BCUT2D eigenvalue weighted by molar-refractivity contribution is -0.0297. The topological polar surface area (TPSA) is 61.7 Å². The van der Waals surface area contributed by atoms with Crippen LogP contribution in [0.3, 0.4) is 0 Å². The highest BCUT2D eigenvalue weighted by Gasteiger charge is 2.40. The van der Waals surface area contributed by atoms with Gasteiger partial charge in [0.25, 0.3) is 0 Å². The largest absolute Gasteiger partial charge is 0.377 e. The highest BCUT2D eigenvalue weighted by molar-refractivity contribution is 5.76. The summed E-state index contributed by atoms with van der Waals surface area (Å²) in [5, 5.41) is 9.26. The van der Waals surface area contributed by atoms with Gasteiger partial charge in [0.15, 0.2) is 0 Å². The summed E-state index contributed by atoms with van der Waals surface area (Å²) in [6.45, 7) is 3.04. The minimum Gasteiger partial charge on any atom is -0.377 e. The van der Waals surface area contributed by atoms with Gasteiger partial charge in [-0.25, -0.2) is 4.98 Å². The molecule has 1 aromatic heterocycles. The number of aromatic nitrogens is 2. The van der Waals surface area contributed by atoms with E-state index in [4.69, 9.17) is 4.74 Å². The Morgan fingerprint density at radius 3 is 2.94 bits per heavy atom. The van der Waals surface area contributed by atoms with Crippen molar-refractivity contribution in [1.29, 1.82) is 5.26 Å². The molecule has 2 aromatic rings. The lowest BCUT2D eigenvalue weighted by Crippen LogP contribution is -2.45. The third kappa shape index (κ3) is 1.43. The Morgan fingerprint density at radius 1 is 1.53 bits per heavy atom. The van der Waals surface area contributed by atoms with Gasteiger partial charge in [-0.3, -0.25) is 0 Å². The Labute approximate surface area is 99.2 Å². The van der Waals surface area contributed by atoms with Crippen LogP contribution in [-0.2, 0) is 16.6 Å². The van der Waals surface area contributed by atoms with Crippen molar-refractivity contribution in [3.8, 4) is 6.07 Å². The van der Waals surface area contributed by atoms with Gasteiger partial charge in [0, 0.05) is 6.42 Å². The number of nitriles is 1. The zero-order valence-corrected chi connectivity index (χ0v) is 9.66. The molecule has 17 heavy (non-hydrogen) atoms. The van der Waals surface area contributed by atoms with Gasteiger partial charge in [0.1, 0.15) is 11.2 Å². The minimum absolute atomic E-state index is 0.453. The summed E-state index contributed by atoms with van der Waals surface area (Å²) >= 11 is 0. The fourth-order valence-corrected chi connectivity index (χ4v) is 2.13. The summed E-state index contributed by atoms with van der Waals surface area (Å²) in [5.41, 5.74) is 2.52. The maximum absolute atomic E-state index is 9.26. The van der Waals surface area contributed by atoms with Crippen LogP contribution in [0, 0.1) is 11.3 Å². The van der Waals surface area contributed by atoms with Crippen LogP contribution in [-0.4, -0.2) is 23.2 Å². The summed E-state index contributed by atoms with van der Waals surface area (Å²) in [7, 11) is 0. The van der Waals surface area contributed by atoms with Crippen LogP contribution in [0.1, 0.15) is 18.3 Å². The highest BCUT2D eigenvalue weighted by Crippen LogP contribution is 2.32. The monoisotopic (exact) mass is 227 g/mol. The van der Waals surface area contributed by atoms with Crippen LogP contribution in [0.15, 0.2) is 18.2 Å². The second kappa shape index (κ2) is 3.57. The minimum atomic E-state index is -0.453. The molecule has 1 N–H and O–H groups in total. The highest BCUT2D eigenvalue weighted by atomic mass is 16.5. The first-order chi connectivity index (χ1) is 8.27. The maximum atomic E-state index is 9.26. The van der Waals surface area contributed by atoms with Crippen molar-refractivity contribution in [2.45, 2.75) is 18.8 Å². The summed E-state index contributed by atoms with van der Waals surface area (Å²) < 4.78 is 5.17. The second-order valence-corrected chi connectivity index (χ2v) is 4.46. The standard InChI is InChI=1S/C13H13N3O/c1-2-12-15-10-4-3-9(5-11(10)16-12)13(6-14)7-17-8-13/h3-5H,2,7-8H2,1H3,(H,15,16). The molecule has 0 unspecified atom stereocenters. The smallest absolute Gasteiger partial charge is 0.129 e. The van der Waals surface area contributed by atoms with E-state index in [0.29, 0.717) is 13.2 Å². The lowest BCUT2D eigenvalue weighted by Gasteiger charge is -2.35. The Morgan fingerprint density at radius 2 is 2.35 bits per heavy atom. The van der Waals surface area contributed by atoms with E-state index in [1.54, 1.807) is 0 Å². The number of imidazole rings is 1. The third-order valence-corrected chi connectivity index (χ3v) is 3.33. The molecule has 0 aliphatic carbocycles. The number of aromatic amines is 1. The van der Waals surface area contributed by atoms with E-state index < -0.39 is 5.41 Å². The molecule has 0 atom stereocenters. The van der Waals surface area contributed by atoms with Crippen molar-refractivity contribution in [1.82, 2.24) is 9.97 Å². The fraction of sp³-hybridized carbons (Fsp3) is 0.385. The molecule has 1 fully saturated rings. The third-order valence-electron chi connectivity index (χ3n) is 3.33. The summed E-state index contributed by atoms with van der Waals surface area (Å²) in [6, 6.07) is 8.33. The number of rotatable bonds is 2. The molecule has 0 spiro atoms. The van der Waals surface area contributed by atoms with Gasteiger partial charge in [-0.15, -0.1) is 0 Å². The number of nitrogens with one attached hydrogen (secondary N) is 1. The van der Waals surface area contributed by atoms with Crippen molar-refractivity contribution in [3.05, 3.63) is 29.6 Å². The molecular formula is C13H13N3O. The predicted octanol–water partition coefficient (Wildman–Crippen LogP) is 1.92. The average Bonchev–Trinajstić information content (AvgIpc) is 2.70. The van der Waals surface area contributed by atoms with Crippen LogP contribution in [0.25, 0.3) is 11.0 Å². The number of benzene rings is 1. The van der Waals surface area contributed by atoms with Crippen LogP contribution >= 0.6 is 0 Å².